The van der Waals surface area contributed by atoms with Crippen LogP contribution in [0.1, 0.15) is 40.5 Å². The van der Waals surface area contributed by atoms with Crippen molar-refractivity contribution in [3.8, 4) is 0 Å². The molecule has 0 N–H and O–H groups in total. The molecule has 156 valence electrons. The number of esters is 2. The Balaban J connectivity index is 1.87. The number of hydrogen-bond donors (Lipinski definition) is 0. The van der Waals surface area contributed by atoms with Gasteiger partial charge < -0.3 is 18.5 Å². The molecule has 0 aliphatic heterocycles. The molecule has 1 atom stereocenters. The Hall–Kier alpha value is -3.82. The van der Waals surface area contributed by atoms with Crippen LogP contribution in [0.15, 0.2) is 52.1 Å². The average Bonchev–Trinajstić information content (AvgIpc) is 3.22. The van der Waals surface area contributed by atoms with Crippen molar-refractivity contribution < 1.29 is 27.9 Å². The lowest BCUT2D eigenvalue weighted by Crippen LogP contribution is -2.23. The first-order valence-electron chi connectivity index (χ1n) is 8.95. The Bertz CT molecular complexity index is 1110. The highest BCUT2D eigenvalue weighted by molar-refractivity contribution is 5.86. The maximum atomic E-state index is 13.4. The van der Waals surface area contributed by atoms with Gasteiger partial charge >= 0.3 is 11.9 Å². The summed E-state index contributed by atoms with van der Waals surface area (Å²) in [5, 5.41) is 0. The quantitative estimate of drug-likeness (QED) is 0.538. The van der Waals surface area contributed by atoms with Crippen molar-refractivity contribution in [1.82, 2.24) is 14.5 Å². The van der Waals surface area contributed by atoms with E-state index in [0.717, 1.165) is 6.07 Å². The number of rotatable bonds is 7. The van der Waals surface area contributed by atoms with Crippen LogP contribution in [-0.2, 0) is 20.8 Å². The summed E-state index contributed by atoms with van der Waals surface area (Å²) in [5.41, 5.74) is 0.103. The molecule has 0 amide bonds. The van der Waals surface area contributed by atoms with Gasteiger partial charge in [0.25, 0.3) is 5.56 Å². The molecule has 0 fully saturated rings. The van der Waals surface area contributed by atoms with E-state index in [1.165, 1.54) is 36.3 Å². The highest BCUT2D eigenvalue weighted by Gasteiger charge is 2.30. The van der Waals surface area contributed by atoms with Crippen LogP contribution >= 0.6 is 0 Å². The second kappa shape index (κ2) is 9.12. The summed E-state index contributed by atoms with van der Waals surface area (Å²) < 4.78 is 29.7. The van der Waals surface area contributed by atoms with E-state index in [2.05, 4.69) is 9.97 Å². The minimum atomic E-state index is -1.06. The van der Waals surface area contributed by atoms with Crippen molar-refractivity contribution in [3.63, 3.8) is 0 Å². The molecule has 0 saturated carbocycles. The van der Waals surface area contributed by atoms with Gasteiger partial charge in [0.05, 0.1) is 32.2 Å². The van der Waals surface area contributed by atoms with E-state index in [1.54, 1.807) is 19.1 Å². The van der Waals surface area contributed by atoms with Gasteiger partial charge in [-0.2, -0.15) is 0 Å². The van der Waals surface area contributed by atoms with E-state index in [0.29, 0.717) is 11.3 Å². The molecule has 0 bridgehead atoms. The lowest BCUT2D eigenvalue weighted by atomic mass is 10.0. The fourth-order valence-electron chi connectivity index (χ4n) is 2.72. The van der Waals surface area contributed by atoms with Gasteiger partial charge in [-0.15, -0.1) is 0 Å². The first kappa shape index (κ1) is 20.9. The molecular formula is C20H18FN3O6. The molecule has 0 radical (unpaired) electrons. The number of carbonyl (C=O) groups is 2. The van der Waals surface area contributed by atoms with E-state index in [9.17, 15) is 18.8 Å². The summed E-state index contributed by atoms with van der Waals surface area (Å²) in [7, 11) is 1.21. The number of nitrogens with zero attached hydrogens (tertiary/aromatic N) is 3. The van der Waals surface area contributed by atoms with E-state index in [-0.39, 0.29) is 24.8 Å². The second-order valence-corrected chi connectivity index (χ2v) is 6.11. The van der Waals surface area contributed by atoms with Gasteiger partial charge in [0.1, 0.15) is 0 Å². The number of carbonyl (C=O) groups excluding carboxylic acids is 2. The molecule has 1 unspecified atom stereocenters. The van der Waals surface area contributed by atoms with Gasteiger partial charge in [-0.25, -0.2) is 14.2 Å². The van der Waals surface area contributed by atoms with Crippen LogP contribution in [0.25, 0.3) is 0 Å². The number of halogens is 1. The van der Waals surface area contributed by atoms with E-state index in [4.69, 9.17) is 13.9 Å². The molecule has 0 saturated heterocycles. The Morgan fingerprint density at radius 1 is 1.23 bits per heavy atom. The molecule has 0 spiro atoms. The summed E-state index contributed by atoms with van der Waals surface area (Å²) in [6.07, 6.45) is 4.01. The molecule has 0 aliphatic rings. The molecule has 30 heavy (non-hydrogen) atoms. The molecule has 3 aromatic heterocycles. The maximum absolute atomic E-state index is 13.4. The van der Waals surface area contributed by atoms with Crippen molar-refractivity contribution in [2.45, 2.75) is 19.4 Å². The second-order valence-electron chi connectivity index (χ2n) is 6.11. The molecule has 9 nitrogen and oxygen atoms in total. The zero-order chi connectivity index (χ0) is 21.7. The lowest BCUT2D eigenvalue weighted by molar-refractivity contribution is -0.141. The number of oxazole rings is 1. The SMILES string of the molecule is CCOC(=O)c1cnc(C(C(=O)OC)c2ccc(Cn3cccc(F)c3=O)nc2)o1. The van der Waals surface area contributed by atoms with Gasteiger partial charge in [-0.1, -0.05) is 6.07 Å². The van der Waals surface area contributed by atoms with Crippen LogP contribution in [-0.4, -0.2) is 40.2 Å². The minimum absolute atomic E-state index is 0.0474. The van der Waals surface area contributed by atoms with Gasteiger partial charge in [0.15, 0.2) is 11.7 Å². The summed E-state index contributed by atoms with van der Waals surface area (Å²) in [6.45, 7) is 1.86. The van der Waals surface area contributed by atoms with Crippen molar-refractivity contribution in [3.05, 3.63) is 81.9 Å². The average molecular weight is 415 g/mol. The molecule has 3 rings (SSSR count). The molecule has 0 aromatic carbocycles. The zero-order valence-electron chi connectivity index (χ0n) is 16.2. The van der Waals surface area contributed by atoms with Crippen LogP contribution in [0, 0.1) is 5.82 Å². The molecule has 0 aliphatic carbocycles. The van der Waals surface area contributed by atoms with Gasteiger partial charge in [-0.3, -0.25) is 14.6 Å². The van der Waals surface area contributed by atoms with E-state index < -0.39 is 29.2 Å². The van der Waals surface area contributed by atoms with E-state index >= 15 is 0 Å². The molecule has 3 aromatic rings. The lowest BCUT2D eigenvalue weighted by Gasteiger charge is -2.12. The number of hydrogen-bond acceptors (Lipinski definition) is 8. The largest absolute Gasteiger partial charge is 0.468 e. The number of aromatic nitrogens is 3. The predicted molar refractivity (Wildman–Crippen MR) is 100 cm³/mol. The number of methoxy groups -OCH3 is 1. The number of ether oxygens (including phenoxy) is 2. The van der Waals surface area contributed by atoms with Crippen LogP contribution in [0.3, 0.4) is 0 Å². The summed E-state index contributed by atoms with van der Waals surface area (Å²) >= 11 is 0. The third-order valence-corrected chi connectivity index (χ3v) is 4.17. The fraction of sp³-hybridized carbons (Fsp3) is 0.250. The summed E-state index contributed by atoms with van der Waals surface area (Å²) in [4.78, 5) is 44.1. The Morgan fingerprint density at radius 2 is 2.03 bits per heavy atom. The Kier molecular flexibility index (Phi) is 6.35. The van der Waals surface area contributed by atoms with Crippen molar-refractivity contribution in [2.24, 2.45) is 0 Å². The smallest absolute Gasteiger partial charge is 0.375 e. The Morgan fingerprint density at radius 3 is 2.70 bits per heavy atom. The van der Waals surface area contributed by atoms with Crippen LogP contribution < -0.4 is 5.56 Å². The monoisotopic (exact) mass is 415 g/mol. The van der Waals surface area contributed by atoms with Crippen LogP contribution in [0.2, 0.25) is 0 Å². The fourth-order valence-corrected chi connectivity index (χ4v) is 2.72. The van der Waals surface area contributed by atoms with Gasteiger partial charge in [0, 0.05) is 12.4 Å². The Labute approximate surface area is 170 Å². The first-order valence-corrected chi connectivity index (χ1v) is 8.95. The molecule has 10 heteroatoms. The highest BCUT2D eigenvalue weighted by atomic mass is 19.1. The van der Waals surface area contributed by atoms with Crippen molar-refractivity contribution >= 4 is 11.9 Å². The van der Waals surface area contributed by atoms with E-state index in [1.807, 2.05) is 0 Å². The van der Waals surface area contributed by atoms with Crippen LogP contribution in [0.4, 0.5) is 4.39 Å². The molecule has 3 heterocycles. The maximum Gasteiger partial charge on any atom is 0.375 e. The normalized spacial score (nSPS) is 11.7. The molecular weight excluding hydrogens is 397 g/mol. The zero-order valence-corrected chi connectivity index (χ0v) is 16.2. The topological polar surface area (TPSA) is 114 Å². The third-order valence-electron chi connectivity index (χ3n) is 4.17. The summed E-state index contributed by atoms with van der Waals surface area (Å²) in [6, 6.07) is 5.67. The van der Waals surface area contributed by atoms with Gasteiger partial charge in [-0.05, 0) is 30.7 Å². The van der Waals surface area contributed by atoms with Crippen LogP contribution in [0.5, 0.6) is 0 Å². The standard InChI is InChI=1S/C20H18FN3O6/c1-3-29-19(26)15-10-23-17(30-15)16(20(27)28-2)12-6-7-13(22-9-12)11-24-8-4-5-14(21)18(24)25/h4-10,16H,3,11H2,1-2H3. The van der Waals surface area contributed by atoms with Gasteiger partial charge in [0.2, 0.25) is 11.7 Å². The van der Waals surface area contributed by atoms with Crippen molar-refractivity contribution in [2.75, 3.05) is 13.7 Å². The summed E-state index contributed by atoms with van der Waals surface area (Å²) in [5.74, 6) is -3.48. The highest BCUT2D eigenvalue weighted by Crippen LogP contribution is 2.26. The van der Waals surface area contributed by atoms with Crippen molar-refractivity contribution in [1.29, 1.82) is 0 Å². The first-order chi connectivity index (χ1) is 14.4. The third kappa shape index (κ3) is 4.43. The predicted octanol–water partition coefficient (Wildman–Crippen LogP) is 1.90. The number of pyridine rings is 2. The minimum Gasteiger partial charge on any atom is -0.468 e.